The molecule has 37 heavy (non-hydrogen) atoms. The Morgan fingerprint density at radius 2 is 1.84 bits per heavy atom. The van der Waals surface area contributed by atoms with E-state index in [-0.39, 0.29) is 12.7 Å². The van der Waals surface area contributed by atoms with E-state index in [1.807, 2.05) is 55.5 Å². The predicted molar refractivity (Wildman–Crippen MR) is 152 cm³/mol. The lowest BCUT2D eigenvalue weighted by molar-refractivity contribution is 0.0223. The lowest BCUT2D eigenvalue weighted by Crippen LogP contribution is -2.22. The smallest absolute Gasteiger partial charge is 0.256 e. The van der Waals surface area contributed by atoms with E-state index in [9.17, 15) is 4.79 Å². The highest BCUT2D eigenvalue weighted by Crippen LogP contribution is 2.32. The van der Waals surface area contributed by atoms with Gasteiger partial charge in [0.05, 0.1) is 0 Å². The fourth-order valence-electron chi connectivity index (χ4n) is 3.65. The van der Waals surface area contributed by atoms with Crippen LogP contribution in [0.3, 0.4) is 0 Å². The number of fused-ring (bicyclic) bond motifs is 1. The molecule has 0 aliphatic carbocycles. The summed E-state index contributed by atoms with van der Waals surface area (Å²) in [6.07, 6.45) is 1.68. The van der Waals surface area contributed by atoms with Crippen LogP contribution in [0.4, 0.5) is 5.82 Å². The van der Waals surface area contributed by atoms with Gasteiger partial charge >= 0.3 is 0 Å². The second-order valence-electron chi connectivity index (χ2n) is 9.85. The summed E-state index contributed by atoms with van der Waals surface area (Å²) in [7, 11) is -1.20. The highest BCUT2D eigenvalue weighted by Gasteiger charge is 2.15. The van der Waals surface area contributed by atoms with E-state index in [4.69, 9.17) is 9.47 Å². The molecule has 1 N–H and O–H groups in total. The molecule has 0 unspecified atom stereocenters. The Balaban J connectivity index is 1.55. The van der Waals surface area contributed by atoms with Gasteiger partial charge in [-0.05, 0) is 73.1 Å². The van der Waals surface area contributed by atoms with Crippen molar-refractivity contribution in [3.63, 3.8) is 0 Å². The Morgan fingerprint density at radius 3 is 2.59 bits per heavy atom. The highest BCUT2D eigenvalue weighted by atomic mass is 28.3. The van der Waals surface area contributed by atoms with Crippen molar-refractivity contribution < 1.29 is 14.3 Å². The number of pyridine rings is 2. The minimum absolute atomic E-state index is 0.111. The van der Waals surface area contributed by atoms with Crippen molar-refractivity contribution in [2.75, 3.05) is 18.7 Å². The number of nitrogens with zero attached hydrogens (tertiary/aromatic N) is 2. The van der Waals surface area contributed by atoms with E-state index in [2.05, 4.69) is 46.8 Å². The van der Waals surface area contributed by atoms with Crippen molar-refractivity contribution in [2.45, 2.75) is 32.6 Å². The van der Waals surface area contributed by atoms with Gasteiger partial charge in [-0.3, -0.25) is 4.79 Å². The van der Waals surface area contributed by atoms with E-state index in [1.165, 1.54) is 0 Å². The number of aromatic nitrogens is 2. The molecule has 6 nitrogen and oxygen atoms in total. The van der Waals surface area contributed by atoms with Crippen LogP contribution < -0.4 is 10.1 Å². The van der Waals surface area contributed by atoms with Gasteiger partial charge in [-0.25, -0.2) is 9.97 Å². The molecule has 0 spiro atoms. The maximum atomic E-state index is 13.1. The van der Waals surface area contributed by atoms with Crippen LogP contribution >= 0.6 is 0 Å². The molecule has 1 amide bonds. The maximum absolute atomic E-state index is 13.1. The summed E-state index contributed by atoms with van der Waals surface area (Å²) in [6, 6.07) is 21.8. The third-order valence-corrected chi connectivity index (χ3v) is 7.41. The first-order valence-electron chi connectivity index (χ1n) is 12.2. The molecule has 0 saturated carbocycles. The largest absolute Gasteiger partial charge is 0.467 e. The Labute approximate surface area is 219 Å². The molecule has 0 aliphatic rings. The number of benzene rings is 2. The van der Waals surface area contributed by atoms with Gasteiger partial charge in [-0.2, -0.15) is 0 Å². The molecule has 4 aromatic rings. The molecule has 0 atom stereocenters. The summed E-state index contributed by atoms with van der Waals surface area (Å²) in [5.41, 5.74) is 3.81. The van der Waals surface area contributed by atoms with Crippen LogP contribution in [0.2, 0.25) is 25.7 Å². The Kier molecular flexibility index (Phi) is 8.34. The number of hydrogen-bond acceptors (Lipinski definition) is 5. The van der Waals surface area contributed by atoms with Gasteiger partial charge in [0.2, 0.25) is 0 Å². The van der Waals surface area contributed by atoms with Crippen molar-refractivity contribution in [3.8, 4) is 28.7 Å². The van der Waals surface area contributed by atoms with E-state index in [0.29, 0.717) is 29.4 Å². The van der Waals surface area contributed by atoms with E-state index in [1.54, 1.807) is 24.4 Å². The first-order chi connectivity index (χ1) is 17.8. The molecule has 0 bridgehead atoms. The quantitative estimate of drug-likeness (QED) is 0.119. The van der Waals surface area contributed by atoms with Crippen molar-refractivity contribution in [2.24, 2.45) is 0 Å². The first kappa shape index (κ1) is 26.1. The van der Waals surface area contributed by atoms with Crippen LogP contribution in [-0.2, 0) is 4.74 Å². The molecular weight excluding hydrogens is 478 g/mol. The zero-order valence-electron chi connectivity index (χ0n) is 21.7. The minimum atomic E-state index is -1.20. The molecule has 2 heterocycles. The first-order valence-corrected chi connectivity index (χ1v) is 15.9. The number of hydrogen-bond donors (Lipinski definition) is 1. The van der Waals surface area contributed by atoms with E-state index >= 15 is 0 Å². The van der Waals surface area contributed by atoms with Crippen LogP contribution in [0.1, 0.15) is 22.8 Å². The van der Waals surface area contributed by atoms with Crippen LogP contribution in [0.25, 0.3) is 22.2 Å². The Bertz CT molecular complexity index is 1450. The van der Waals surface area contributed by atoms with Crippen molar-refractivity contribution in [1.29, 1.82) is 0 Å². The number of carbonyl (C=O) groups is 1. The molecule has 0 saturated heterocycles. The third kappa shape index (κ3) is 7.26. The highest BCUT2D eigenvalue weighted by molar-refractivity contribution is 6.76. The molecular formula is C30H31N3O3Si. The number of ether oxygens (including phenoxy) is 2. The molecule has 2 aromatic carbocycles. The van der Waals surface area contributed by atoms with Gasteiger partial charge in [0.1, 0.15) is 11.6 Å². The third-order valence-electron chi connectivity index (χ3n) is 5.71. The lowest BCUT2D eigenvalue weighted by Gasteiger charge is -2.17. The van der Waals surface area contributed by atoms with Gasteiger partial charge in [0, 0.05) is 43.0 Å². The predicted octanol–water partition coefficient (Wildman–Crippen LogP) is 6.61. The molecule has 0 aliphatic heterocycles. The summed E-state index contributed by atoms with van der Waals surface area (Å²) in [5, 5.41) is 3.77. The van der Waals surface area contributed by atoms with Crippen molar-refractivity contribution >= 4 is 30.8 Å². The zero-order chi connectivity index (χ0) is 26.3. The number of rotatable bonds is 9. The average Bonchev–Trinajstić information content (AvgIpc) is 2.88. The van der Waals surface area contributed by atoms with Crippen molar-refractivity contribution in [3.05, 3.63) is 84.1 Å². The fraction of sp³-hybridized carbons (Fsp3) is 0.233. The standard InChI is InChI=1S/C30H31N3O3Si/c1-5-7-22-9-11-23(12-10-22)26-15-13-25(20-27(26)36-21-35-18-19-37(2,3)4)30(34)33-28-16-14-24-8-6-17-31-29(24)32-28/h6,8-17,20H,18-19,21H2,1-4H3,(H,31,32,33,34). The van der Waals surface area contributed by atoms with E-state index < -0.39 is 8.07 Å². The maximum Gasteiger partial charge on any atom is 0.256 e. The topological polar surface area (TPSA) is 73.3 Å². The van der Waals surface area contributed by atoms with Gasteiger partial charge in [-0.1, -0.05) is 37.7 Å². The SMILES string of the molecule is CC#Cc1ccc(-c2ccc(C(=O)Nc3ccc4cccnc4n3)cc2OCOCC[Si](C)(C)C)cc1. The fourth-order valence-corrected chi connectivity index (χ4v) is 4.41. The van der Waals surface area contributed by atoms with Crippen LogP contribution in [0, 0.1) is 11.8 Å². The molecule has 2 aromatic heterocycles. The number of carbonyl (C=O) groups excluding carboxylic acids is 1. The Hall–Kier alpha value is -3.99. The van der Waals surface area contributed by atoms with Gasteiger partial charge in [0.25, 0.3) is 5.91 Å². The van der Waals surface area contributed by atoms with Crippen LogP contribution in [0.15, 0.2) is 72.9 Å². The second kappa shape index (κ2) is 11.8. The second-order valence-corrected chi connectivity index (χ2v) is 15.5. The summed E-state index contributed by atoms with van der Waals surface area (Å²) in [5.74, 6) is 6.69. The van der Waals surface area contributed by atoms with Crippen molar-refractivity contribution in [1.82, 2.24) is 9.97 Å². The summed E-state index contributed by atoms with van der Waals surface area (Å²) in [6.45, 7) is 9.51. The minimum Gasteiger partial charge on any atom is -0.467 e. The summed E-state index contributed by atoms with van der Waals surface area (Å²) >= 11 is 0. The summed E-state index contributed by atoms with van der Waals surface area (Å²) < 4.78 is 11.8. The monoisotopic (exact) mass is 509 g/mol. The zero-order valence-corrected chi connectivity index (χ0v) is 22.7. The molecule has 0 radical (unpaired) electrons. The van der Waals surface area contributed by atoms with Gasteiger partial charge < -0.3 is 14.8 Å². The molecule has 7 heteroatoms. The Morgan fingerprint density at radius 1 is 1.03 bits per heavy atom. The van der Waals surface area contributed by atoms with Crippen LogP contribution in [0.5, 0.6) is 5.75 Å². The van der Waals surface area contributed by atoms with E-state index in [0.717, 1.165) is 28.1 Å². The van der Waals surface area contributed by atoms with Crippen LogP contribution in [-0.4, -0.2) is 37.3 Å². The molecule has 4 rings (SSSR count). The molecule has 0 fully saturated rings. The van der Waals surface area contributed by atoms with Gasteiger partial charge in [0.15, 0.2) is 12.4 Å². The average molecular weight is 510 g/mol. The lowest BCUT2D eigenvalue weighted by atomic mass is 10.0. The number of amides is 1. The normalized spacial score (nSPS) is 11.0. The van der Waals surface area contributed by atoms with Gasteiger partial charge in [-0.15, -0.1) is 5.92 Å². The summed E-state index contributed by atoms with van der Waals surface area (Å²) in [4.78, 5) is 21.8. The molecule has 188 valence electrons. The number of nitrogens with one attached hydrogen (secondary N) is 1. The number of anilines is 1.